The number of oxime groups is 1. The molecule has 0 saturated heterocycles. The molecule has 1 aliphatic rings. The van der Waals surface area contributed by atoms with Crippen LogP contribution in [0.25, 0.3) is 0 Å². The highest BCUT2D eigenvalue weighted by Crippen LogP contribution is 2.49. The lowest BCUT2D eigenvalue weighted by atomic mass is 9.86. The number of amides is 1. The van der Waals surface area contributed by atoms with Crippen molar-refractivity contribution >= 4 is 46.6 Å². The number of carbonyl (C=O) groups is 1. The Labute approximate surface area is 204 Å². The van der Waals surface area contributed by atoms with E-state index in [-0.39, 0.29) is 27.1 Å². The number of aryl methyl sites for hydroxylation is 1. The molecule has 0 fully saturated rings. The number of hydrogen-bond acceptors (Lipinski definition) is 4. The fourth-order valence-electron chi connectivity index (χ4n) is 3.23. The van der Waals surface area contributed by atoms with E-state index in [0.717, 1.165) is 23.9 Å². The molecule has 2 aromatic carbocycles. The molecule has 13 heteroatoms. The van der Waals surface area contributed by atoms with E-state index in [1.807, 2.05) is 0 Å². The van der Waals surface area contributed by atoms with Gasteiger partial charge in [-0.05, 0) is 48.4 Å². The molecule has 1 atom stereocenters. The third-order valence-electron chi connectivity index (χ3n) is 4.87. The summed E-state index contributed by atoms with van der Waals surface area (Å²) in [6.45, 7) is 0.229. The van der Waals surface area contributed by atoms with Gasteiger partial charge in [-0.15, -0.1) is 11.8 Å². The fourth-order valence-corrected chi connectivity index (χ4v) is 4.60. The maximum atomic E-state index is 14.1. The van der Waals surface area contributed by atoms with Gasteiger partial charge in [0.25, 0.3) is 5.60 Å². The molecule has 4 nitrogen and oxygen atoms in total. The Hall–Kier alpha value is -2.11. The zero-order valence-electron chi connectivity index (χ0n) is 17.3. The van der Waals surface area contributed by atoms with Crippen LogP contribution in [0.15, 0.2) is 46.4 Å². The van der Waals surface area contributed by atoms with Gasteiger partial charge < -0.3 is 10.2 Å². The van der Waals surface area contributed by atoms with E-state index in [2.05, 4.69) is 5.16 Å². The van der Waals surface area contributed by atoms with Gasteiger partial charge in [0.05, 0.1) is 11.5 Å². The summed E-state index contributed by atoms with van der Waals surface area (Å²) in [6, 6.07) is 8.16. The largest absolute Gasteiger partial charge is 0.435 e. The number of carbonyl (C=O) groups excluding carboxylic acids is 1. The molecule has 184 valence electrons. The highest BCUT2D eigenvalue weighted by molar-refractivity contribution is 8.00. The van der Waals surface area contributed by atoms with Crippen LogP contribution in [0.5, 0.6) is 0 Å². The Bertz CT molecular complexity index is 1100. The Morgan fingerprint density at radius 1 is 1.12 bits per heavy atom. The predicted molar refractivity (Wildman–Crippen MR) is 117 cm³/mol. The van der Waals surface area contributed by atoms with Gasteiger partial charge in [0.2, 0.25) is 5.91 Å². The van der Waals surface area contributed by atoms with Gasteiger partial charge in [-0.1, -0.05) is 34.4 Å². The average Bonchev–Trinajstić information content (AvgIpc) is 3.17. The van der Waals surface area contributed by atoms with Gasteiger partial charge in [-0.3, -0.25) is 4.79 Å². The first-order chi connectivity index (χ1) is 15.7. The fraction of sp³-hybridized carbons (Fsp3) is 0.333. The van der Waals surface area contributed by atoms with E-state index in [1.165, 1.54) is 12.1 Å². The minimum Gasteiger partial charge on any atom is -0.374 e. The quantitative estimate of drug-likeness (QED) is 0.327. The van der Waals surface area contributed by atoms with Crippen molar-refractivity contribution in [2.45, 2.75) is 36.2 Å². The number of nitrogens with zero attached hydrogens (tertiary/aromatic N) is 1. The van der Waals surface area contributed by atoms with Crippen LogP contribution in [0.4, 0.5) is 26.3 Å². The second-order valence-electron chi connectivity index (χ2n) is 7.45. The molecule has 2 aromatic rings. The maximum absolute atomic E-state index is 14.1. The van der Waals surface area contributed by atoms with Crippen molar-refractivity contribution in [1.82, 2.24) is 5.32 Å². The zero-order valence-corrected chi connectivity index (χ0v) is 19.6. The van der Waals surface area contributed by atoms with Gasteiger partial charge in [0, 0.05) is 26.9 Å². The Morgan fingerprint density at radius 2 is 1.76 bits per heavy atom. The summed E-state index contributed by atoms with van der Waals surface area (Å²) in [5, 5.41) is 5.48. The van der Waals surface area contributed by atoms with Crippen LogP contribution < -0.4 is 5.32 Å². The molecule has 0 aromatic heterocycles. The van der Waals surface area contributed by atoms with Crippen LogP contribution in [-0.2, 0) is 15.2 Å². The van der Waals surface area contributed by atoms with Gasteiger partial charge in [0.15, 0.2) is 0 Å². The number of halogens is 8. The lowest BCUT2D eigenvalue weighted by Crippen LogP contribution is -2.42. The van der Waals surface area contributed by atoms with Crippen LogP contribution in [0, 0.1) is 6.92 Å². The Morgan fingerprint density at radius 3 is 2.32 bits per heavy atom. The van der Waals surface area contributed by atoms with Crippen LogP contribution in [-0.4, -0.2) is 36.3 Å². The first-order valence-corrected chi connectivity index (χ1v) is 11.3. The van der Waals surface area contributed by atoms with Crippen molar-refractivity contribution in [3.05, 3.63) is 63.1 Å². The van der Waals surface area contributed by atoms with Gasteiger partial charge >= 0.3 is 12.4 Å². The summed E-state index contributed by atoms with van der Waals surface area (Å²) in [5.41, 5.74) is -2.05. The molecular formula is C21H16Cl2F6N2O2S. The molecule has 1 aliphatic heterocycles. The van der Waals surface area contributed by atoms with Crippen molar-refractivity contribution < 1.29 is 36.0 Å². The van der Waals surface area contributed by atoms with E-state index in [9.17, 15) is 31.1 Å². The smallest absolute Gasteiger partial charge is 0.374 e. The zero-order chi connectivity index (χ0) is 25.3. The van der Waals surface area contributed by atoms with Crippen LogP contribution in [0.1, 0.15) is 23.1 Å². The maximum Gasteiger partial charge on any atom is 0.435 e. The van der Waals surface area contributed by atoms with E-state index >= 15 is 0 Å². The lowest BCUT2D eigenvalue weighted by molar-refractivity contribution is -0.275. The molecule has 0 spiro atoms. The SMILES string of the molecule is Cc1cc(C2=NOC(c3cc(Cl)cc(Cl)c3)(C(F)(F)F)C2)ccc1SCC(=O)NCC(F)(F)F. The van der Waals surface area contributed by atoms with E-state index in [1.54, 1.807) is 24.4 Å². The van der Waals surface area contributed by atoms with Gasteiger partial charge in [-0.25, -0.2) is 0 Å². The molecule has 34 heavy (non-hydrogen) atoms. The number of thioether (sulfide) groups is 1. The van der Waals surface area contributed by atoms with Gasteiger partial charge in [0.1, 0.15) is 6.54 Å². The standard InChI is InChI=1S/C21H16Cl2F6N2O2S/c1-11-4-12(2-3-17(11)34-9-18(32)30-10-20(24,25)26)16-8-19(33-31-16,21(27,28)29)13-5-14(22)7-15(23)6-13/h2-7H,8-10H2,1H3,(H,30,32). The molecule has 1 N–H and O–H groups in total. The molecule has 0 saturated carbocycles. The first kappa shape index (κ1) is 26.5. The highest BCUT2D eigenvalue weighted by Gasteiger charge is 2.62. The predicted octanol–water partition coefficient (Wildman–Crippen LogP) is 6.65. The van der Waals surface area contributed by atoms with Crippen molar-refractivity contribution in [3.8, 4) is 0 Å². The molecular weight excluding hydrogens is 529 g/mol. The number of nitrogens with one attached hydrogen (secondary N) is 1. The molecule has 1 heterocycles. The Kier molecular flexibility index (Phi) is 7.69. The van der Waals surface area contributed by atoms with Gasteiger partial charge in [-0.2, -0.15) is 26.3 Å². The second kappa shape index (κ2) is 9.87. The number of hydrogen-bond donors (Lipinski definition) is 1. The van der Waals surface area contributed by atoms with Crippen LogP contribution >= 0.6 is 35.0 Å². The van der Waals surface area contributed by atoms with Crippen molar-refractivity contribution in [2.24, 2.45) is 5.16 Å². The normalized spacial score (nSPS) is 18.4. The lowest BCUT2D eigenvalue weighted by Gasteiger charge is -2.29. The molecule has 1 unspecified atom stereocenters. The minimum absolute atomic E-state index is 0.0136. The minimum atomic E-state index is -4.83. The van der Waals surface area contributed by atoms with Crippen molar-refractivity contribution in [1.29, 1.82) is 0 Å². The van der Waals surface area contributed by atoms with Crippen LogP contribution in [0.3, 0.4) is 0 Å². The molecule has 0 aliphatic carbocycles. The third-order valence-corrected chi connectivity index (χ3v) is 6.48. The first-order valence-electron chi connectivity index (χ1n) is 9.56. The van der Waals surface area contributed by atoms with E-state index in [4.69, 9.17) is 28.0 Å². The monoisotopic (exact) mass is 544 g/mol. The highest BCUT2D eigenvalue weighted by atomic mass is 35.5. The summed E-state index contributed by atoms with van der Waals surface area (Å²) < 4.78 is 78.9. The van der Waals surface area contributed by atoms with Crippen molar-refractivity contribution in [3.63, 3.8) is 0 Å². The topological polar surface area (TPSA) is 50.7 Å². The summed E-state index contributed by atoms with van der Waals surface area (Å²) in [4.78, 5) is 17.2. The molecule has 0 radical (unpaired) electrons. The summed E-state index contributed by atoms with van der Waals surface area (Å²) in [6.07, 6.45) is -9.97. The third kappa shape index (κ3) is 6.11. The molecule has 3 rings (SSSR count). The summed E-state index contributed by atoms with van der Waals surface area (Å²) in [7, 11) is 0. The van der Waals surface area contributed by atoms with E-state index in [0.29, 0.717) is 16.0 Å². The summed E-state index contributed by atoms with van der Waals surface area (Å²) >= 11 is 12.8. The average molecular weight is 545 g/mol. The van der Waals surface area contributed by atoms with Crippen molar-refractivity contribution in [2.75, 3.05) is 12.3 Å². The molecule has 0 bridgehead atoms. The van der Waals surface area contributed by atoms with E-state index < -0.39 is 36.8 Å². The van der Waals surface area contributed by atoms with Crippen LogP contribution in [0.2, 0.25) is 10.0 Å². The second-order valence-corrected chi connectivity index (χ2v) is 9.34. The Balaban J connectivity index is 1.76. The summed E-state index contributed by atoms with van der Waals surface area (Å²) in [5.74, 6) is -1.05. The number of rotatable bonds is 6. The number of benzene rings is 2. The number of alkyl halides is 6. The molecule has 1 amide bonds.